The summed E-state index contributed by atoms with van der Waals surface area (Å²) in [6.07, 6.45) is 6.94. The molecule has 2 rings (SSSR count). The summed E-state index contributed by atoms with van der Waals surface area (Å²) in [7, 11) is 2.26. The van der Waals surface area contributed by atoms with Gasteiger partial charge in [-0.25, -0.2) is 0 Å². The molecule has 0 aliphatic carbocycles. The van der Waals surface area contributed by atoms with Gasteiger partial charge in [0, 0.05) is 31.2 Å². The van der Waals surface area contributed by atoms with Gasteiger partial charge >= 0.3 is 0 Å². The molecule has 3 heteroatoms. The van der Waals surface area contributed by atoms with E-state index >= 15 is 0 Å². The van der Waals surface area contributed by atoms with E-state index in [2.05, 4.69) is 36.0 Å². The molecule has 0 aromatic heterocycles. The van der Waals surface area contributed by atoms with E-state index in [-0.39, 0.29) is 0 Å². The van der Waals surface area contributed by atoms with Crippen molar-refractivity contribution >= 4 is 0 Å². The minimum atomic E-state index is 0.710. The van der Waals surface area contributed by atoms with Gasteiger partial charge in [0.25, 0.3) is 0 Å². The minimum Gasteiger partial charge on any atom is -0.314 e. The molecule has 3 nitrogen and oxygen atoms in total. The van der Waals surface area contributed by atoms with E-state index < -0.39 is 0 Å². The van der Waals surface area contributed by atoms with Crippen LogP contribution in [0.15, 0.2) is 0 Å². The minimum absolute atomic E-state index is 0.710. The normalized spacial score (nSPS) is 35.8. The standard InChI is InChI=1S/C15H31N3/c1-13-11-18(12-14(2)17(13)3)10-6-8-15-7-4-5-9-16-15/h13-16H,4-12H2,1-3H3. The van der Waals surface area contributed by atoms with Crippen molar-refractivity contribution in [1.29, 1.82) is 0 Å². The van der Waals surface area contributed by atoms with Gasteiger partial charge in [-0.05, 0) is 59.7 Å². The fourth-order valence-electron chi connectivity index (χ4n) is 3.43. The molecule has 2 fully saturated rings. The zero-order valence-electron chi connectivity index (χ0n) is 12.5. The molecule has 0 aromatic rings. The molecular formula is C15H31N3. The molecule has 2 aliphatic heterocycles. The van der Waals surface area contributed by atoms with E-state index in [1.807, 2.05) is 0 Å². The van der Waals surface area contributed by atoms with Gasteiger partial charge in [-0.1, -0.05) is 6.42 Å². The first-order chi connectivity index (χ1) is 8.66. The summed E-state index contributed by atoms with van der Waals surface area (Å²) in [6.45, 7) is 9.74. The maximum Gasteiger partial charge on any atom is 0.0195 e. The molecule has 0 amide bonds. The number of piperazine rings is 1. The molecule has 0 aromatic carbocycles. The van der Waals surface area contributed by atoms with Crippen molar-refractivity contribution in [2.45, 2.75) is 64.1 Å². The van der Waals surface area contributed by atoms with Crippen LogP contribution < -0.4 is 5.32 Å². The van der Waals surface area contributed by atoms with Crippen LogP contribution in [0.25, 0.3) is 0 Å². The van der Waals surface area contributed by atoms with Crippen molar-refractivity contribution in [2.24, 2.45) is 0 Å². The van der Waals surface area contributed by atoms with E-state index in [0.29, 0.717) is 12.1 Å². The Bertz CT molecular complexity index is 226. The molecule has 2 saturated heterocycles. The quantitative estimate of drug-likeness (QED) is 0.826. The maximum absolute atomic E-state index is 3.65. The Labute approximate surface area is 113 Å². The van der Waals surface area contributed by atoms with Crippen molar-refractivity contribution < 1.29 is 0 Å². The number of nitrogens with one attached hydrogen (secondary N) is 1. The predicted octanol–water partition coefficient (Wildman–Crippen LogP) is 1.93. The van der Waals surface area contributed by atoms with Crippen molar-refractivity contribution in [2.75, 3.05) is 33.2 Å². The van der Waals surface area contributed by atoms with E-state index in [1.54, 1.807) is 0 Å². The number of rotatable bonds is 4. The van der Waals surface area contributed by atoms with E-state index in [1.165, 1.54) is 58.3 Å². The van der Waals surface area contributed by atoms with Crippen molar-refractivity contribution in [1.82, 2.24) is 15.1 Å². The van der Waals surface area contributed by atoms with Crippen LogP contribution in [0.5, 0.6) is 0 Å². The number of hydrogen-bond donors (Lipinski definition) is 1. The molecular weight excluding hydrogens is 222 g/mol. The zero-order valence-corrected chi connectivity index (χ0v) is 12.5. The summed E-state index contributed by atoms with van der Waals surface area (Å²) in [5.41, 5.74) is 0. The molecule has 0 saturated carbocycles. The molecule has 106 valence electrons. The van der Waals surface area contributed by atoms with Crippen LogP contribution >= 0.6 is 0 Å². The summed E-state index contributed by atoms with van der Waals surface area (Å²) < 4.78 is 0. The smallest absolute Gasteiger partial charge is 0.0195 e. The maximum atomic E-state index is 3.65. The molecule has 2 aliphatic rings. The Morgan fingerprint density at radius 3 is 2.44 bits per heavy atom. The van der Waals surface area contributed by atoms with E-state index in [0.717, 1.165) is 6.04 Å². The second-order valence-electron chi connectivity index (χ2n) is 6.41. The van der Waals surface area contributed by atoms with Crippen LogP contribution in [-0.4, -0.2) is 61.2 Å². The van der Waals surface area contributed by atoms with Gasteiger partial charge in [-0.2, -0.15) is 0 Å². The topological polar surface area (TPSA) is 18.5 Å². The Morgan fingerprint density at radius 2 is 1.83 bits per heavy atom. The zero-order chi connectivity index (χ0) is 13.0. The summed E-state index contributed by atoms with van der Waals surface area (Å²) >= 11 is 0. The number of nitrogens with zero attached hydrogens (tertiary/aromatic N) is 2. The molecule has 3 unspecified atom stereocenters. The largest absolute Gasteiger partial charge is 0.314 e. The van der Waals surface area contributed by atoms with Crippen LogP contribution in [0.1, 0.15) is 46.0 Å². The number of hydrogen-bond acceptors (Lipinski definition) is 3. The Balaban J connectivity index is 1.64. The van der Waals surface area contributed by atoms with Crippen LogP contribution in [-0.2, 0) is 0 Å². The first-order valence-corrected chi connectivity index (χ1v) is 7.84. The molecule has 18 heavy (non-hydrogen) atoms. The number of likely N-dealkylation sites (N-methyl/N-ethyl adjacent to an activating group) is 1. The molecule has 3 atom stereocenters. The highest BCUT2D eigenvalue weighted by atomic mass is 15.3. The van der Waals surface area contributed by atoms with Gasteiger partial charge in [0.05, 0.1) is 0 Å². The molecule has 1 N–H and O–H groups in total. The lowest BCUT2D eigenvalue weighted by atomic mass is 10.00. The van der Waals surface area contributed by atoms with Crippen LogP contribution in [0.2, 0.25) is 0 Å². The van der Waals surface area contributed by atoms with Gasteiger partial charge in [-0.3, -0.25) is 4.90 Å². The highest BCUT2D eigenvalue weighted by Crippen LogP contribution is 2.16. The summed E-state index contributed by atoms with van der Waals surface area (Å²) in [5.74, 6) is 0. The summed E-state index contributed by atoms with van der Waals surface area (Å²) in [4.78, 5) is 5.18. The molecule has 0 bridgehead atoms. The molecule has 2 heterocycles. The van der Waals surface area contributed by atoms with Crippen molar-refractivity contribution in [3.8, 4) is 0 Å². The third-order valence-electron chi connectivity index (χ3n) is 4.87. The highest BCUT2D eigenvalue weighted by molar-refractivity contribution is 4.83. The average molecular weight is 253 g/mol. The first kappa shape index (κ1) is 14.3. The first-order valence-electron chi connectivity index (χ1n) is 7.84. The SMILES string of the molecule is CC1CN(CCCC2CCCCN2)CC(C)N1C. The Morgan fingerprint density at radius 1 is 1.11 bits per heavy atom. The molecule has 0 spiro atoms. The predicted molar refractivity (Wildman–Crippen MR) is 78.0 cm³/mol. The fraction of sp³-hybridized carbons (Fsp3) is 1.00. The lowest BCUT2D eigenvalue weighted by molar-refractivity contribution is 0.0586. The highest BCUT2D eigenvalue weighted by Gasteiger charge is 2.26. The number of piperidine rings is 1. The van der Waals surface area contributed by atoms with Crippen molar-refractivity contribution in [3.63, 3.8) is 0 Å². The monoisotopic (exact) mass is 253 g/mol. The Kier molecular flexibility index (Phi) is 5.46. The van der Waals surface area contributed by atoms with Gasteiger partial charge in [0.1, 0.15) is 0 Å². The summed E-state index contributed by atoms with van der Waals surface area (Å²) in [5, 5.41) is 3.65. The third kappa shape index (κ3) is 3.94. The van der Waals surface area contributed by atoms with Gasteiger partial charge in [0.2, 0.25) is 0 Å². The van der Waals surface area contributed by atoms with Gasteiger partial charge < -0.3 is 10.2 Å². The molecule has 0 radical (unpaired) electrons. The third-order valence-corrected chi connectivity index (χ3v) is 4.87. The van der Waals surface area contributed by atoms with Gasteiger partial charge in [0.15, 0.2) is 0 Å². The lowest BCUT2D eigenvalue weighted by Crippen LogP contribution is -2.55. The fourth-order valence-corrected chi connectivity index (χ4v) is 3.43. The van der Waals surface area contributed by atoms with Crippen LogP contribution in [0.3, 0.4) is 0 Å². The van der Waals surface area contributed by atoms with E-state index in [9.17, 15) is 0 Å². The average Bonchev–Trinajstić information content (AvgIpc) is 2.37. The van der Waals surface area contributed by atoms with Crippen LogP contribution in [0, 0.1) is 0 Å². The second-order valence-corrected chi connectivity index (χ2v) is 6.41. The second kappa shape index (κ2) is 6.88. The van der Waals surface area contributed by atoms with Crippen molar-refractivity contribution in [3.05, 3.63) is 0 Å². The lowest BCUT2D eigenvalue weighted by Gasteiger charge is -2.42. The van der Waals surface area contributed by atoms with Gasteiger partial charge in [-0.15, -0.1) is 0 Å². The Hall–Kier alpha value is -0.120. The summed E-state index contributed by atoms with van der Waals surface area (Å²) in [6, 6.07) is 2.23. The van der Waals surface area contributed by atoms with E-state index in [4.69, 9.17) is 0 Å². The van der Waals surface area contributed by atoms with Crippen LogP contribution in [0.4, 0.5) is 0 Å².